The van der Waals surface area contributed by atoms with Crippen LogP contribution < -0.4 is 10.1 Å². The first kappa shape index (κ1) is 22.1. The Morgan fingerprint density at radius 2 is 1.67 bits per heavy atom. The van der Waals surface area contributed by atoms with Gasteiger partial charge in [-0.15, -0.1) is 0 Å². The van der Waals surface area contributed by atoms with Crippen molar-refractivity contribution in [1.82, 2.24) is 15.5 Å². The zero-order valence-corrected chi connectivity index (χ0v) is 17.4. The second-order valence-electron chi connectivity index (χ2n) is 7.24. The molecule has 5 nitrogen and oxygen atoms in total. The van der Waals surface area contributed by atoms with Crippen LogP contribution in [0.5, 0.6) is 5.75 Å². The van der Waals surface area contributed by atoms with Gasteiger partial charge in [-0.3, -0.25) is 9.89 Å². The number of ether oxygens (including phenoxy) is 1. The maximum Gasteiger partial charge on any atom is 0.416 e. The van der Waals surface area contributed by atoms with Crippen LogP contribution in [0.1, 0.15) is 15.9 Å². The van der Waals surface area contributed by atoms with Gasteiger partial charge in [0.15, 0.2) is 0 Å². The third-order valence-electron chi connectivity index (χ3n) is 4.92. The first-order valence-electron chi connectivity index (χ1n) is 10.2. The van der Waals surface area contributed by atoms with Gasteiger partial charge in [0.2, 0.25) is 0 Å². The van der Waals surface area contributed by atoms with Gasteiger partial charge in [-0.2, -0.15) is 18.3 Å². The Labute approximate surface area is 188 Å². The molecule has 1 aromatic heterocycles. The van der Waals surface area contributed by atoms with Crippen molar-refractivity contribution in [3.63, 3.8) is 0 Å². The normalized spacial score (nSPS) is 11.2. The molecule has 1 amide bonds. The molecule has 0 spiro atoms. The Hall–Kier alpha value is -4.07. The van der Waals surface area contributed by atoms with Crippen LogP contribution in [0.3, 0.4) is 0 Å². The van der Waals surface area contributed by atoms with Crippen LogP contribution in [-0.2, 0) is 6.18 Å². The number of hydrogen-bond donors (Lipinski definition) is 2. The Morgan fingerprint density at radius 1 is 0.909 bits per heavy atom. The van der Waals surface area contributed by atoms with E-state index < -0.39 is 11.7 Å². The summed E-state index contributed by atoms with van der Waals surface area (Å²) in [6.45, 7) is 0.705. The number of hydrogen-bond acceptors (Lipinski definition) is 3. The molecule has 8 heteroatoms. The van der Waals surface area contributed by atoms with Crippen LogP contribution >= 0.6 is 0 Å². The first-order valence-corrected chi connectivity index (χ1v) is 10.2. The van der Waals surface area contributed by atoms with Gasteiger partial charge < -0.3 is 10.1 Å². The Morgan fingerprint density at radius 3 is 2.39 bits per heavy atom. The van der Waals surface area contributed by atoms with Crippen LogP contribution in [0.15, 0.2) is 84.9 Å². The Kier molecular flexibility index (Phi) is 6.44. The second-order valence-corrected chi connectivity index (χ2v) is 7.24. The van der Waals surface area contributed by atoms with Gasteiger partial charge in [0.1, 0.15) is 12.4 Å². The van der Waals surface area contributed by atoms with Crippen LogP contribution in [-0.4, -0.2) is 29.3 Å². The van der Waals surface area contributed by atoms with Crippen molar-refractivity contribution in [3.8, 4) is 28.3 Å². The van der Waals surface area contributed by atoms with Crippen LogP contribution in [0.4, 0.5) is 13.2 Å². The summed E-state index contributed by atoms with van der Waals surface area (Å²) < 4.78 is 44.4. The van der Waals surface area contributed by atoms with Gasteiger partial charge in [-0.1, -0.05) is 42.5 Å². The molecule has 0 atom stereocenters. The van der Waals surface area contributed by atoms with Gasteiger partial charge in [-0.05, 0) is 48.0 Å². The molecule has 168 valence electrons. The molecule has 1 heterocycles. The van der Waals surface area contributed by atoms with Crippen molar-refractivity contribution < 1.29 is 22.7 Å². The molecule has 3 aromatic carbocycles. The Bertz CT molecular complexity index is 1220. The number of H-pyrrole nitrogens is 1. The molecular formula is C25H20F3N3O2. The number of carbonyl (C=O) groups is 1. The van der Waals surface area contributed by atoms with Crippen molar-refractivity contribution >= 4 is 5.91 Å². The highest BCUT2D eigenvalue weighted by molar-refractivity contribution is 5.94. The van der Waals surface area contributed by atoms with Crippen molar-refractivity contribution in [2.75, 3.05) is 13.2 Å². The summed E-state index contributed by atoms with van der Waals surface area (Å²) in [5.74, 6) is 0.507. The highest BCUT2D eigenvalue weighted by atomic mass is 19.4. The number of aromatic amines is 1. The molecule has 4 rings (SSSR count). The fourth-order valence-corrected chi connectivity index (χ4v) is 3.23. The number of para-hydroxylation sites is 1. The van der Waals surface area contributed by atoms with E-state index in [1.165, 1.54) is 6.07 Å². The standard InChI is InChI=1S/C25H20F3N3O2/c26-25(27,28)20-6-4-5-19(15-20)23-16-22(30-31-23)17-9-11-18(12-10-17)24(32)29-13-14-33-21-7-2-1-3-8-21/h1-12,15-16H,13-14H2,(H,29,32)(H,30,31). The largest absolute Gasteiger partial charge is 0.492 e. The number of nitrogens with zero attached hydrogens (tertiary/aromatic N) is 1. The van der Waals surface area contributed by atoms with E-state index in [0.29, 0.717) is 35.7 Å². The van der Waals surface area contributed by atoms with Crippen molar-refractivity contribution in [2.24, 2.45) is 0 Å². The molecule has 0 aliphatic carbocycles. The minimum Gasteiger partial charge on any atom is -0.492 e. The molecule has 0 saturated heterocycles. The molecule has 0 unspecified atom stereocenters. The summed E-state index contributed by atoms with van der Waals surface area (Å²) in [5, 5.41) is 9.76. The molecule has 0 aliphatic rings. The summed E-state index contributed by atoms with van der Waals surface area (Å²) in [5.41, 5.74) is 1.90. The zero-order chi connectivity index (χ0) is 23.3. The van der Waals surface area contributed by atoms with E-state index in [9.17, 15) is 18.0 Å². The molecule has 2 N–H and O–H groups in total. The number of nitrogens with one attached hydrogen (secondary N) is 2. The number of amides is 1. The molecular weight excluding hydrogens is 431 g/mol. The average Bonchev–Trinajstić information content (AvgIpc) is 3.32. The van der Waals surface area contributed by atoms with E-state index in [1.54, 1.807) is 36.4 Å². The maximum absolute atomic E-state index is 13.0. The molecule has 0 aliphatic heterocycles. The quantitative estimate of drug-likeness (QED) is 0.361. The van der Waals surface area contributed by atoms with Crippen LogP contribution in [0, 0.1) is 0 Å². The summed E-state index contributed by atoms with van der Waals surface area (Å²) in [6, 6.07) is 22.9. The summed E-state index contributed by atoms with van der Waals surface area (Å²) in [7, 11) is 0. The lowest BCUT2D eigenvalue weighted by atomic mass is 10.1. The van der Waals surface area contributed by atoms with Crippen LogP contribution in [0.25, 0.3) is 22.5 Å². The first-order chi connectivity index (χ1) is 15.9. The third-order valence-corrected chi connectivity index (χ3v) is 4.92. The molecule has 0 radical (unpaired) electrons. The third kappa shape index (κ3) is 5.60. The highest BCUT2D eigenvalue weighted by Crippen LogP contribution is 2.32. The SMILES string of the molecule is O=C(NCCOc1ccccc1)c1ccc(-c2cc(-c3cccc(C(F)(F)F)c3)n[nH]2)cc1. The number of benzene rings is 3. The molecule has 0 fully saturated rings. The van der Waals surface area contributed by atoms with E-state index in [2.05, 4.69) is 15.5 Å². The minimum absolute atomic E-state index is 0.229. The topological polar surface area (TPSA) is 67.0 Å². The molecule has 33 heavy (non-hydrogen) atoms. The number of carbonyl (C=O) groups excluding carboxylic acids is 1. The van der Waals surface area contributed by atoms with Gasteiger partial charge in [0, 0.05) is 11.1 Å². The monoisotopic (exact) mass is 451 g/mol. The summed E-state index contributed by atoms with van der Waals surface area (Å²) in [6.07, 6.45) is -4.42. The highest BCUT2D eigenvalue weighted by Gasteiger charge is 2.30. The second kappa shape index (κ2) is 9.60. The van der Waals surface area contributed by atoms with Crippen LogP contribution in [0.2, 0.25) is 0 Å². The number of rotatable bonds is 7. The molecule has 0 bridgehead atoms. The van der Waals surface area contributed by atoms with E-state index in [-0.39, 0.29) is 5.91 Å². The van der Waals surface area contributed by atoms with E-state index in [1.807, 2.05) is 30.3 Å². The fourth-order valence-electron chi connectivity index (χ4n) is 3.23. The lowest BCUT2D eigenvalue weighted by Crippen LogP contribution is -2.28. The molecule has 4 aromatic rings. The predicted octanol–water partition coefficient (Wildman–Crippen LogP) is 5.57. The van der Waals surface area contributed by atoms with Crippen molar-refractivity contribution in [2.45, 2.75) is 6.18 Å². The zero-order valence-electron chi connectivity index (χ0n) is 17.4. The van der Waals surface area contributed by atoms with Gasteiger partial charge in [0.25, 0.3) is 5.91 Å². The maximum atomic E-state index is 13.0. The fraction of sp³-hybridized carbons (Fsp3) is 0.120. The lowest BCUT2D eigenvalue weighted by Gasteiger charge is -2.08. The van der Waals surface area contributed by atoms with Gasteiger partial charge >= 0.3 is 6.18 Å². The Balaban J connectivity index is 1.37. The average molecular weight is 451 g/mol. The van der Waals surface area contributed by atoms with Gasteiger partial charge in [0.05, 0.1) is 23.5 Å². The number of halogens is 3. The minimum atomic E-state index is -4.42. The molecule has 0 saturated carbocycles. The van der Waals surface area contributed by atoms with Gasteiger partial charge in [-0.25, -0.2) is 0 Å². The smallest absolute Gasteiger partial charge is 0.416 e. The van der Waals surface area contributed by atoms with E-state index >= 15 is 0 Å². The summed E-state index contributed by atoms with van der Waals surface area (Å²) in [4.78, 5) is 12.3. The summed E-state index contributed by atoms with van der Waals surface area (Å²) >= 11 is 0. The van der Waals surface area contributed by atoms with Crippen molar-refractivity contribution in [3.05, 3.63) is 96.1 Å². The number of alkyl halides is 3. The van der Waals surface area contributed by atoms with E-state index in [0.717, 1.165) is 23.4 Å². The van der Waals surface area contributed by atoms with Crippen molar-refractivity contribution in [1.29, 1.82) is 0 Å². The predicted molar refractivity (Wildman–Crippen MR) is 119 cm³/mol. The lowest BCUT2D eigenvalue weighted by molar-refractivity contribution is -0.137. The van der Waals surface area contributed by atoms with E-state index in [4.69, 9.17) is 4.74 Å². The number of aromatic nitrogens is 2.